The van der Waals surface area contributed by atoms with Gasteiger partial charge in [-0.1, -0.05) is 20.8 Å². The van der Waals surface area contributed by atoms with E-state index >= 15 is 0 Å². The third-order valence-electron chi connectivity index (χ3n) is 4.96. The molecule has 1 aliphatic rings. The van der Waals surface area contributed by atoms with Gasteiger partial charge in [-0.05, 0) is 51.6 Å². The Morgan fingerprint density at radius 3 is 2.80 bits per heavy atom. The lowest BCUT2D eigenvalue weighted by molar-refractivity contribution is -0.150. The maximum atomic E-state index is 11.4. The van der Waals surface area contributed by atoms with Gasteiger partial charge in [-0.2, -0.15) is 0 Å². The van der Waals surface area contributed by atoms with Crippen molar-refractivity contribution in [2.75, 3.05) is 0 Å². The molecule has 1 aromatic rings. The highest BCUT2D eigenvalue weighted by Gasteiger charge is 2.46. The molecule has 2 rings (SSSR count). The zero-order chi connectivity index (χ0) is 14.9. The maximum absolute atomic E-state index is 11.4. The number of carboxylic acids is 1. The Kier molecular flexibility index (Phi) is 4.92. The Morgan fingerprint density at radius 1 is 1.55 bits per heavy atom. The summed E-state index contributed by atoms with van der Waals surface area (Å²) in [6, 6.07) is 2.45. The molecule has 1 aromatic heterocycles. The van der Waals surface area contributed by atoms with Gasteiger partial charge in [0.25, 0.3) is 0 Å². The van der Waals surface area contributed by atoms with Gasteiger partial charge in [-0.3, -0.25) is 4.79 Å². The topological polar surface area (TPSA) is 49.3 Å². The lowest BCUT2D eigenvalue weighted by Gasteiger charge is -2.46. The average Bonchev–Trinajstić information content (AvgIpc) is 2.76. The first-order valence-corrected chi connectivity index (χ1v) is 8.69. The molecule has 1 fully saturated rings. The van der Waals surface area contributed by atoms with E-state index in [1.165, 1.54) is 4.88 Å². The third kappa shape index (κ3) is 3.10. The van der Waals surface area contributed by atoms with Crippen LogP contribution in [0, 0.1) is 17.3 Å². The van der Waals surface area contributed by atoms with Gasteiger partial charge in [0, 0.05) is 21.9 Å². The van der Waals surface area contributed by atoms with Crippen molar-refractivity contribution < 1.29 is 9.90 Å². The summed E-state index contributed by atoms with van der Waals surface area (Å²) in [4.78, 5) is 12.7. The van der Waals surface area contributed by atoms with E-state index in [0.29, 0.717) is 12.0 Å². The van der Waals surface area contributed by atoms with Crippen LogP contribution in [0.15, 0.2) is 15.9 Å². The van der Waals surface area contributed by atoms with Crippen LogP contribution in [0.2, 0.25) is 0 Å². The summed E-state index contributed by atoms with van der Waals surface area (Å²) in [7, 11) is 0. The monoisotopic (exact) mass is 359 g/mol. The molecule has 3 atom stereocenters. The van der Waals surface area contributed by atoms with Crippen molar-refractivity contribution in [3.63, 3.8) is 0 Å². The van der Waals surface area contributed by atoms with Gasteiger partial charge in [0.2, 0.25) is 0 Å². The molecule has 1 saturated carbocycles. The zero-order valence-electron chi connectivity index (χ0n) is 12.1. The Hall–Kier alpha value is -0.390. The number of carboxylic acid groups (broad SMARTS) is 1. The number of carbonyl (C=O) groups is 1. The van der Waals surface area contributed by atoms with Gasteiger partial charge in [-0.25, -0.2) is 0 Å². The zero-order valence-corrected chi connectivity index (χ0v) is 14.6. The van der Waals surface area contributed by atoms with Crippen LogP contribution in [-0.2, 0) is 11.3 Å². The summed E-state index contributed by atoms with van der Waals surface area (Å²) in [5.41, 5.74) is -0.172. The van der Waals surface area contributed by atoms with Crippen molar-refractivity contribution >= 4 is 33.2 Å². The first kappa shape index (κ1) is 16.0. The average molecular weight is 360 g/mol. The summed E-state index contributed by atoms with van der Waals surface area (Å²) in [5.74, 6) is -0.540. The van der Waals surface area contributed by atoms with Crippen LogP contribution in [0.3, 0.4) is 0 Å². The second-order valence-corrected chi connectivity index (χ2v) is 8.11. The lowest BCUT2D eigenvalue weighted by Crippen LogP contribution is -2.50. The van der Waals surface area contributed by atoms with E-state index in [4.69, 9.17) is 0 Å². The van der Waals surface area contributed by atoms with Crippen LogP contribution in [0.1, 0.15) is 38.5 Å². The Bertz CT molecular complexity index is 486. The largest absolute Gasteiger partial charge is 0.481 e. The number of thiophene rings is 1. The molecule has 0 aliphatic heterocycles. The van der Waals surface area contributed by atoms with Gasteiger partial charge < -0.3 is 10.4 Å². The van der Waals surface area contributed by atoms with Crippen molar-refractivity contribution in [2.45, 2.75) is 46.2 Å². The van der Waals surface area contributed by atoms with Crippen LogP contribution < -0.4 is 5.32 Å². The Labute approximate surface area is 132 Å². The highest BCUT2D eigenvalue weighted by molar-refractivity contribution is 9.10. The predicted molar refractivity (Wildman–Crippen MR) is 86.0 cm³/mol. The van der Waals surface area contributed by atoms with Crippen molar-refractivity contribution in [1.29, 1.82) is 0 Å². The molecule has 20 heavy (non-hydrogen) atoms. The van der Waals surface area contributed by atoms with Crippen LogP contribution in [0.5, 0.6) is 0 Å². The molecular weight excluding hydrogens is 338 g/mol. The molecule has 112 valence electrons. The molecule has 0 bridgehead atoms. The quantitative estimate of drug-likeness (QED) is 0.849. The molecule has 2 N–H and O–H groups in total. The molecule has 3 nitrogen and oxygen atoms in total. The second kappa shape index (κ2) is 6.16. The lowest BCUT2D eigenvalue weighted by atomic mass is 9.61. The molecule has 0 radical (unpaired) electrons. The van der Waals surface area contributed by atoms with E-state index < -0.39 is 5.97 Å². The summed E-state index contributed by atoms with van der Waals surface area (Å²) in [6.07, 6.45) is 1.69. The first-order valence-electron chi connectivity index (χ1n) is 7.02. The minimum atomic E-state index is -0.652. The molecular formula is C15H22BrNO2S. The smallest absolute Gasteiger partial charge is 0.307 e. The van der Waals surface area contributed by atoms with Crippen molar-refractivity contribution in [2.24, 2.45) is 17.3 Å². The van der Waals surface area contributed by atoms with E-state index in [1.807, 2.05) is 0 Å². The fraction of sp³-hybridized carbons (Fsp3) is 0.667. The summed E-state index contributed by atoms with van der Waals surface area (Å²) < 4.78 is 1.15. The number of rotatable bonds is 4. The highest BCUT2D eigenvalue weighted by Crippen LogP contribution is 2.45. The van der Waals surface area contributed by atoms with Crippen LogP contribution in [0.25, 0.3) is 0 Å². The Balaban J connectivity index is 2.01. The molecule has 1 heterocycles. The minimum Gasteiger partial charge on any atom is -0.481 e. The number of halogens is 1. The standard InChI is InChI=1S/C15H22BrNO2S/c1-9-12(17-8-13-11(16)6-7-20-13)5-4-10(14(18)19)15(9,2)3/h6-7,9-10,12,17H,4-5,8H2,1-3H3,(H,18,19). The predicted octanol–water partition coefficient (Wildman–Crippen LogP) is 4.13. The van der Waals surface area contributed by atoms with Gasteiger partial charge in [-0.15, -0.1) is 11.3 Å². The molecule has 0 aromatic carbocycles. The Morgan fingerprint density at radius 2 is 2.25 bits per heavy atom. The summed E-state index contributed by atoms with van der Waals surface area (Å²) >= 11 is 5.29. The van der Waals surface area contributed by atoms with Crippen LogP contribution in [-0.4, -0.2) is 17.1 Å². The fourth-order valence-corrected chi connectivity index (χ4v) is 4.64. The van der Waals surface area contributed by atoms with Gasteiger partial charge in [0.05, 0.1) is 5.92 Å². The fourth-order valence-electron chi connectivity index (χ4n) is 3.20. The van der Waals surface area contributed by atoms with Crippen molar-refractivity contribution in [3.8, 4) is 0 Å². The van der Waals surface area contributed by atoms with Gasteiger partial charge in [0.1, 0.15) is 0 Å². The number of hydrogen-bond donors (Lipinski definition) is 2. The molecule has 0 saturated heterocycles. The van der Waals surface area contributed by atoms with E-state index in [2.05, 4.69) is 53.5 Å². The van der Waals surface area contributed by atoms with Crippen LogP contribution in [0.4, 0.5) is 0 Å². The van der Waals surface area contributed by atoms with Crippen molar-refractivity contribution in [3.05, 3.63) is 20.8 Å². The SMILES string of the molecule is CC1C(NCc2sccc2Br)CCC(C(=O)O)C1(C)C. The van der Waals surface area contributed by atoms with E-state index in [9.17, 15) is 9.90 Å². The van der Waals surface area contributed by atoms with Gasteiger partial charge in [0.15, 0.2) is 0 Å². The summed E-state index contributed by atoms with van der Waals surface area (Å²) in [5, 5.41) is 15.1. The van der Waals surface area contributed by atoms with Crippen molar-refractivity contribution in [1.82, 2.24) is 5.32 Å². The molecule has 1 aliphatic carbocycles. The van der Waals surface area contributed by atoms with Crippen LogP contribution >= 0.6 is 27.3 Å². The minimum absolute atomic E-state index is 0.172. The highest BCUT2D eigenvalue weighted by atomic mass is 79.9. The number of nitrogens with one attached hydrogen (secondary N) is 1. The molecule has 0 amide bonds. The molecule has 5 heteroatoms. The first-order chi connectivity index (χ1) is 9.34. The number of aliphatic carboxylic acids is 1. The normalized spacial score (nSPS) is 29.3. The van der Waals surface area contributed by atoms with E-state index in [-0.39, 0.29) is 11.3 Å². The second-order valence-electron chi connectivity index (χ2n) is 6.26. The molecule has 0 spiro atoms. The molecule has 3 unspecified atom stereocenters. The van der Waals surface area contributed by atoms with E-state index in [0.717, 1.165) is 23.9 Å². The third-order valence-corrected chi connectivity index (χ3v) is 6.88. The van der Waals surface area contributed by atoms with E-state index in [1.54, 1.807) is 11.3 Å². The summed E-state index contributed by atoms with van der Waals surface area (Å²) in [6.45, 7) is 7.20. The number of hydrogen-bond acceptors (Lipinski definition) is 3. The maximum Gasteiger partial charge on any atom is 0.307 e. The van der Waals surface area contributed by atoms with Gasteiger partial charge >= 0.3 is 5.97 Å².